The van der Waals surface area contributed by atoms with Crippen molar-refractivity contribution in [1.29, 1.82) is 5.26 Å². The molecule has 1 aliphatic carbocycles. The van der Waals surface area contributed by atoms with Gasteiger partial charge in [0.1, 0.15) is 22.6 Å². The second kappa shape index (κ2) is 11.7. The number of benzene rings is 1. The zero-order valence-corrected chi connectivity index (χ0v) is 21.1. The summed E-state index contributed by atoms with van der Waals surface area (Å²) in [5.74, 6) is 1.44. The van der Waals surface area contributed by atoms with Crippen LogP contribution in [0.25, 0.3) is 0 Å². The minimum absolute atomic E-state index is 0.132. The number of amides is 2. The molecule has 1 aromatic carbocycles. The number of aromatic nitrogens is 1. The third kappa shape index (κ3) is 6.23. The standard InChI is InChI=1S/C26H28N4O5S/c1-16-19(14-29-35-16)13-28-26(32)34-15-18-6-8-21-22(12-27)25(36-23(21)11-18)30-24(31)9-7-17-4-3-5-20(10-17)33-2/h3-5,10,14,18H,6-9,11,13,15H2,1-2H3,(H,28,32)(H,30,31). The number of nitrogens with zero attached hydrogens (tertiary/aromatic N) is 2. The highest BCUT2D eigenvalue weighted by Gasteiger charge is 2.27. The van der Waals surface area contributed by atoms with E-state index in [0.29, 0.717) is 48.6 Å². The van der Waals surface area contributed by atoms with Gasteiger partial charge in [0.15, 0.2) is 0 Å². The molecule has 0 spiro atoms. The molecule has 3 aromatic rings. The maximum absolute atomic E-state index is 12.6. The van der Waals surface area contributed by atoms with E-state index in [1.165, 1.54) is 11.3 Å². The van der Waals surface area contributed by atoms with Crippen molar-refractivity contribution < 1.29 is 23.6 Å². The van der Waals surface area contributed by atoms with Gasteiger partial charge in [-0.3, -0.25) is 4.79 Å². The molecule has 0 bridgehead atoms. The number of anilines is 1. The van der Waals surface area contributed by atoms with Crippen LogP contribution >= 0.6 is 11.3 Å². The molecule has 188 valence electrons. The lowest BCUT2D eigenvalue weighted by Gasteiger charge is -2.21. The molecule has 2 amide bonds. The third-order valence-electron chi connectivity index (χ3n) is 6.23. The quantitative estimate of drug-likeness (QED) is 0.435. The summed E-state index contributed by atoms with van der Waals surface area (Å²) < 4.78 is 15.6. The van der Waals surface area contributed by atoms with Gasteiger partial charge in [-0.1, -0.05) is 17.3 Å². The summed E-state index contributed by atoms with van der Waals surface area (Å²) in [5.41, 5.74) is 3.36. The van der Waals surface area contributed by atoms with Crippen molar-refractivity contribution in [3.05, 3.63) is 63.4 Å². The van der Waals surface area contributed by atoms with Gasteiger partial charge < -0.3 is 24.6 Å². The molecule has 1 aliphatic rings. The lowest BCUT2D eigenvalue weighted by atomic mass is 9.88. The van der Waals surface area contributed by atoms with E-state index in [0.717, 1.165) is 33.7 Å². The van der Waals surface area contributed by atoms with Crippen LogP contribution in [0.5, 0.6) is 5.75 Å². The second-order valence-corrected chi connectivity index (χ2v) is 9.79. The maximum atomic E-state index is 12.6. The molecule has 0 radical (unpaired) electrons. The molecular weight excluding hydrogens is 480 g/mol. The van der Waals surface area contributed by atoms with E-state index in [-0.39, 0.29) is 18.4 Å². The number of carbonyl (C=O) groups excluding carboxylic acids is 2. The van der Waals surface area contributed by atoms with Crippen LogP contribution in [-0.2, 0) is 35.3 Å². The van der Waals surface area contributed by atoms with Crippen LogP contribution in [-0.4, -0.2) is 30.9 Å². The Morgan fingerprint density at radius 2 is 2.22 bits per heavy atom. The van der Waals surface area contributed by atoms with Gasteiger partial charge in [-0.05, 0) is 61.8 Å². The number of ether oxygens (including phenoxy) is 2. The van der Waals surface area contributed by atoms with Crippen LogP contribution < -0.4 is 15.4 Å². The van der Waals surface area contributed by atoms with Crippen molar-refractivity contribution in [2.24, 2.45) is 5.92 Å². The predicted molar refractivity (Wildman–Crippen MR) is 134 cm³/mol. The zero-order chi connectivity index (χ0) is 25.5. The van der Waals surface area contributed by atoms with Crippen molar-refractivity contribution in [2.45, 2.75) is 45.6 Å². The van der Waals surface area contributed by atoms with Crippen LogP contribution in [0.4, 0.5) is 9.80 Å². The number of carbonyl (C=O) groups is 2. The van der Waals surface area contributed by atoms with Gasteiger partial charge in [-0.15, -0.1) is 11.3 Å². The van der Waals surface area contributed by atoms with Crippen molar-refractivity contribution in [2.75, 3.05) is 19.0 Å². The maximum Gasteiger partial charge on any atom is 0.407 e. The fourth-order valence-corrected chi connectivity index (χ4v) is 5.51. The van der Waals surface area contributed by atoms with Gasteiger partial charge in [-0.2, -0.15) is 5.26 Å². The van der Waals surface area contributed by atoms with Gasteiger partial charge in [0, 0.05) is 16.9 Å². The number of thiophene rings is 1. The number of nitrogens with one attached hydrogen (secondary N) is 2. The zero-order valence-electron chi connectivity index (χ0n) is 20.3. The molecule has 4 rings (SSSR count). The number of hydrogen-bond donors (Lipinski definition) is 2. The lowest BCUT2D eigenvalue weighted by Crippen LogP contribution is -2.27. The summed E-state index contributed by atoms with van der Waals surface area (Å²) in [5, 5.41) is 19.7. The first-order valence-corrected chi connectivity index (χ1v) is 12.6. The second-order valence-electron chi connectivity index (χ2n) is 8.69. The van der Waals surface area contributed by atoms with Crippen molar-refractivity contribution >= 4 is 28.3 Å². The molecule has 2 heterocycles. The fourth-order valence-electron chi connectivity index (χ4n) is 4.18. The molecule has 1 atom stereocenters. The number of hydrogen-bond acceptors (Lipinski definition) is 8. The van der Waals surface area contributed by atoms with Crippen molar-refractivity contribution in [1.82, 2.24) is 10.5 Å². The van der Waals surface area contributed by atoms with Crippen molar-refractivity contribution in [3.63, 3.8) is 0 Å². The number of rotatable bonds is 9. The molecule has 2 aromatic heterocycles. The smallest absolute Gasteiger partial charge is 0.407 e. The van der Waals surface area contributed by atoms with E-state index in [1.807, 2.05) is 24.3 Å². The molecular formula is C26H28N4O5S. The molecule has 10 heteroatoms. The Morgan fingerprint density at radius 3 is 2.97 bits per heavy atom. The Labute approximate surface area is 213 Å². The lowest BCUT2D eigenvalue weighted by molar-refractivity contribution is -0.116. The SMILES string of the molecule is COc1cccc(CCC(=O)Nc2sc3c(c2C#N)CCC(COC(=O)NCc2cnoc2C)C3)c1. The first-order valence-electron chi connectivity index (χ1n) is 11.7. The van der Waals surface area contributed by atoms with Crippen LogP contribution in [0, 0.1) is 24.2 Å². The van der Waals surface area contributed by atoms with Crippen molar-refractivity contribution in [3.8, 4) is 11.8 Å². The largest absolute Gasteiger partial charge is 0.497 e. The number of nitriles is 1. The first-order chi connectivity index (χ1) is 17.5. The number of methoxy groups -OCH3 is 1. The molecule has 9 nitrogen and oxygen atoms in total. The fraction of sp³-hybridized carbons (Fsp3) is 0.385. The summed E-state index contributed by atoms with van der Waals surface area (Å²) in [6, 6.07) is 9.90. The van der Waals surface area contributed by atoms with E-state index in [9.17, 15) is 14.9 Å². The molecule has 0 saturated carbocycles. The summed E-state index contributed by atoms with van der Waals surface area (Å²) in [7, 11) is 1.61. The normalized spacial score (nSPS) is 14.4. The Kier molecular flexibility index (Phi) is 8.23. The Hall–Kier alpha value is -3.84. The van der Waals surface area contributed by atoms with Gasteiger partial charge >= 0.3 is 6.09 Å². The molecule has 2 N–H and O–H groups in total. The summed E-state index contributed by atoms with van der Waals surface area (Å²) in [6.07, 6.45) is 4.18. The van der Waals surface area contributed by atoms with Gasteiger partial charge in [0.05, 0.1) is 32.0 Å². The van der Waals surface area contributed by atoms with Gasteiger partial charge in [0.2, 0.25) is 5.91 Å². The topological polar surface area (TPSA) is 126 Å². The summed E-state index contributed by atoms with van der Waals surface area (Å²) in [6.45, 7) is 2.36. The highest BCUT2D eigenvalue weighted by molar-refractivity contribution is 7.16. The van der Waals surface area contributed by atoms with Gasteiger partial charge in [-0.25, -0.2) is 4.79 Å². The first kappa shape index (κ1) is 25.3. The number of fused-ring (bicyclic) bond motifs is 1. The van der Waals surface area contributed by atoms with E-state index in [4.69, 9.17) is 14.0 Å². The van der Waals surface area contributed by atoms with Crippen LogP contribution in [0.1, 0.15) is 45.7 Å². The van der Waals surface area contributed by atoms with Gasteiger partial charge in [0.25, 0.3) is 0 Å². The minimum Gasteiger partial charge on any atom is -0.497 e. The average Bonchev–Trinajstić information content (AvgIpc) is 3.46. The predicted octanol–water partition coefficient (Wildman–Crippen LogP) is 4.53. The monoisotopic (exact) mass is 508 g/mol. The highest BCUT2D eigenvalue weighted by atomic mass is 32.1. The highest BCUT2D eigenvalue weighted by Crippen LogP contribution is 2.39. The Balaban J connectivity index is 1.29. The van der Waals surface area contributed by atoms with Crippen LogP contribution in [0.15, 0.2) is 35.0 Å². The summed E-state index contributed by atoms with van der Waals surface area (Å²) in [4.78, 5) is 25.8. The average molecular weight is 509 g/mol. The molecule has 0 saturated heterocycles. The number of alkyl carbamates (subject to hydrolysis) is 1. The van der Waals surface area contributed by atoms with Crippen LogP contribution in [0.2, 0.25) is 0 Å². The molecule has 0 fully saturated rings. The number of aryl methyl sites for hydroxylation is 2. The summed E-state index contributed by atoms with van der Waals surface area (Å²) >= 11 is 1.44. The van der Waals surface area contributed by atoms with E-state index >= 15 is 0 Å². The molecule has 0 aliphatic heterocycles. The molecule has 36 heavy (non-hydrogen) atoms. The molecule has 1 unspecified atom stereocenters. The Bertz CT molecular complexity index is 1280. The Morgan fingerprint density at radius 1 is 1.36 bits per heavy atom. The minimum atomic E-state index is -0.491. The van der Waals surface area contributed by atoms with Crippen LogP contribution in [0.3, 0.4) is 0 Å². The van der Waals surface area contributed by atoms with E-state index in [2.05, 4.69) is 21.9 Å². The third-order valence-corrected chi connectivity index (χ3v) is 7.40. The van der Waals surface area contributed by atoms with E-state index in [1.54, 1.807) is 20.2 Å². The van der Waals surface area contributed by atoms with E-state index < -0.39 is 6.09 Å².